The summed E-state index contributed by atoms with van der Waals surface area (Å²) in [6.45, 7) is 9.36. The van der Waals surface area contributed by atoms with Gasteiger partial charge in [-0.05, 0) is 18.0 Å². The van der Waals surface area contributed by atoms with Crippen LogP contribution in [0.5, 0.6) is 0 Å². The van der Waals surface area contributed by atoms with Gasteiger partial charge in [-0.3, -0.25) is 0 Å². The molecule has 2 aromatic rings. The summed E-state index contributed by atoms with van der Waals surface area (Å²) in [6.07, 6.45) is 0. The van der Waals surface area contributed by atoms with Crippen LogP contribution in [0, 0.1) is 5.92 Å². The zero-order valence-electron chi connectivity index (χ0n) is 12.6. The van der Waals surface area contributed by atoms with E-state index in [2.05, 4.69) is 55.3 Å². The zero-order valence-corrected chi connectivity index (χ0v) is 12.6. The first kappa shape index (κ1) is 14.7. The van der Waals surface area contributed by atoms with E-state index in [9.17, 15) is 0 Å². The smallest absolute Gasteiger partial charge is 0.237 e. The summed E-state index contributed by atoms with van der Waals surface area (Å²) >= 11 is 0. The highest BCUT2D eigenvalue weighted by Gasteiger charge is 2.22. The molecule has 1 heterocycles. The fourth-order valence-electron chi connectivity index (χ4n) is 2.03. The van der Waals surface area contributed by atoms with Gasteiger partial charge in [0.1, 0.15) is 6.04 Å². The predicted molar refractivity (Wildman–Crippen MR) is 79.5 cm³/mol. The second-order valence-electron chi connectivity index (χ2n) is 5.41. The van der Waals surface area contributed by atoms with Crippen molar-refractivity contribution in [3.63, 3.8) is 0 Å². The number of rotatable bonds is 6. The third-order valence-corrected chi connectivity index (χ3v) is 3.63. The van der Waals surface area contributed by atoms with Crippen LogP contribution in [-0.2, 0) is 0 Å². The van der Waals surface area contributed by atoms with E-state index in [1.807, 2.05) is 18.2 Å². The SMILES string of the molecule is CCNC(c1ccccc1)c1nnc(C(C)C(C)C)o1. The topological polar surface area (TPSA) is 51.0 Å². The van der Waals surface area contributed by atoms with E-state index in [1.54, 1.807) is 0 Å². The van der Waals surface area contributed by atoms with Crippen LogP contribution in [0.1, 0.15) is 57.0 Å². The first-order chi connectivity index (χ1) is 9.63. The average molecular weight is 273 g/mol. The van der Waals surface area contributed by atoms with Crippen LogP contribution < -0.4 is 5.32 Å². The molecule has 4 heteroatoms. The molecule has 0 amide bonds. The van der Waals surface area contributed by atoms with Crippen molar-refractivity contribution in [2.45, 2.75) is 39.7 Å². The molecule has 0 spiro atoms. The lowest BCUT2D eigenvalue weighted by Gasteiger charge is -2.14. The molecule has 2 rings (SSSR count). The molecule has 0 fully saturated rings. The second-order valence-corrected chi connectivity index (χ2v) is 5.41. The van der Waals surface area contributed by atoms with Crippen molar-refractivity contribution in [1.29, 1.82) is 0 Å². The molecule has 0 saturated carbocycles. The van der Waals surface area contributed by atoms with E-state index in [4.69, 9.17) is 4.42 Å². The molecule has 4 nitrogen and oxygen atoms in total. The van der Waals surface area contributed by atoms with Gasteiger partial charge in [-0.25, -0.2) is 0 Å². The van der Waals surface area contributed by atoms with Gasteiger partial charge in [-0.1, -0.05) is 58.0 Å². The fraction of sp³-hybridized carbons (Fsp3) is 0.500. The van der Waals surface area contributed by atoms with Crippen molar-refractivity contribution < 1.29 is 4.42 Å². The molecule has 20 heavy (non-hydrogen) atoms. The van der Waals surface area contributed by atoms with Crippen molar-refractivity contribution in [1.82, 2.24) is 15.5 Å². The molecule has 1 aromatic heterocycles. The van der Waals surface area contributed by atoms with Crippen LogP contribution in [0.4, 0.5) is 0 Å². The maximum atomic E-state index is 5.89. The summed E-state index contributed by atoms with van der Waals surface area (Å²) in [5.74, 6) is 2.11. The largest absolute Gasteiger partial charge is 0.423 e. The lowest BCUT2D eigenvalue weighted by molar-refractivity contribution is 0.362. The van der Waals surface area contributed by atoms with Gasteiger partial charge < -0.3 is 9.73 Å². The molecule has 0 saturated heterocycles. The van der Waals surface area contributed by atoms with Crippen molar-refractivity contribution in [2.24, 2.45) is 5.92 Å². The van der Waals surface area contributed by atoms with Gasteiger partial charge >= 0.3 is 0 Å². The zero-order chi connectivity index (χ0) is 14.5. The van der Waals surface area contributed by atoms with E-state index >= 15 is 0 Å². The minimum Gasteiger partial charge on any atom is -0.423 e. The molecule has 2 unspecified atom stereocenters. The maximum absolute atomic E-state index is 5.89. The van der Waals surface area contributed by atoms with Crippen LogP contribution in [0.15, 0.2) is 34.7 Å². The molecule has 1 N–H and O–H groups in total. The molecular formula is C16H23N3O. The summed E-state index contributed by atoms with van der Waals surface area (Å²) in [4.78, 5) is 0. The van der Waals surface area contributed by atoms with E-state index in [-0.39, 0.29) is 12.0 Å². The standard InChI is InChI=1S/C16H23N3O/c1-5-17-14(13-9-7-6-8-10-13)16-19-18-15(20-16)12(4)11(2)3/h6-12,14,17H,5H2,1-4H3. The van der Waals surface area contributed by atoms with E-state index in [0.29, 0.717) is 17.7 Å². The Morgan fingerprint density at radius 1 is 1.05 bits per heavy atom. The minimum absolute atomic E-state index is 0.0400. The number of hydrogen-bond donors (Lipinski definition) is 1. The monoisotopic (exact) mass is 273 g/mol. The van der Waals surface area contributed by atoms with Crippen molar-refractivity contribution in [3.8, 4) is 0 Å². The van der Waals surface area contributed by atoms with Crippen molar-refractivity contribution in [3.05, 3.63) is 47.7 Å². The van der Waals surface area contributed by atoms with E-state index in [1.165, 1.54) is 0 Å². The summed E-state index contributed by atoms with van der Waals surface area (Å²) in [5, 5.41) is 11.8. The minimum atomic E-state index is -0.0400. The summed E-state index contributed by atoms with van der Waals surface area (Å²) < 4.78 is 5.89. The first-order valence-corrected chi connectivity index (χ1v) is 7.25. The Bertz CT molecular complexity index is 522. The van der Waals surface area contributed by atoms with Gasteiger partial charge in [0.25, 0.3) is 0 Å². The third-order valence-electron chi connectivity index (χ3n) is 3.63. The number of nitrogens with one attached hydrogen (secondary N) is 1. The number of benzene rings is 1. The van der Waals surface area contributed by atoms with Gasteiger partial charge in [0.15, 0.2) is 0 Å². The molecule has 108 valence electrons. The van der Waals surface area contributed by atoms with Crippen LogP contribution in [0.3, 0.4) is 0 Å². The van der Waals surface area contributed by atoms with Gasteiger partial charge in [-0.2, -0.15) is 0 Å². The molecule has 0 aliphatic rings. The summed E-state index contributed by atoms with van der Waals surface area (Å²) in [7, 11) is 0. The highest BCUT2D eigenvalue weighted by atomic mass is 16.4. The lowest BCUT2D eigenvalue weighted by Crippen LogP contribution is -2.22. The van der Waals surface area contributed by atoms with E-state index in [0.717, 1.165) is 12.1 Å². The second kappa shape index (κ2) is 6.66. The van der Waals surface area contributed by atoms with Gasteiger partial charge in [0.2, 0.25) is 11.8 Å². The third kappa shape index (κ3) is 3.25. The molecular weight excluding hydrogens is 250 g/mol. The number of aromatic nitrogens is 2. The van der Waals surface area contributed by atoms with Gasteiger partial charge in [-0.15, -0.1) is 10.2 Å². The highest BCUT2D eigenvalue weighted by Crippen LogP contribution is 2.26. The quantitative estimate of drug-likeness (QED) is 0.874. The Morgan fingerprint density at radius 3 is 2.30 bits per heavy atom. The number of hydrogen-bond acceptors (Lipinski definition) is 4. The van der Waals surface area contributed by atoms with Crippen LogP contribution in [0.25, 0.3) is 0 Å². The van der Waals surface area contributed by atoms with Gasteiger partial charge in [0.05, 0.1) is 0 Å². The molecule has 0 aliphatic carbocycles. The Morgan fingerprint density at radius 2 is 1.70 bits per heavy atom. The predicted octanol–water partition coefficient (Wildman–Crippen LogP) is 3.53. The Hall–Kier alpha value is -1.68. The Labute approximate surface area is 120 Å². The highest BCUT2D eigenvalue weighted by molar-refractivity contribution is 5.23. The number of nitrogens with zero attached hydrogens (tertiary/aromatic N) is 2. The summed E-state index contributed by atoms with van der Waals surface area (Å²) in [5.41, 5.74) is 1.14. The van der Waals surface area contributed by atoms with Crippen LogP contribution in [-0.4, -0.2) is 16.7 Å². The summed E-state index contributed by atoms with van der Waals surface area (Å²) in [6, 6.07) is 10.2. The maximum Gasteiger partial charge on any atom is 0.237 e. The first-order valence-electron chi connectivity index (χ1n) is 7.25. The molecule has 0 bridgehead atoms. The molecule has 0 radical (unpaired) electrons. The van der Waals surface area contributed by atoms with E-state index < -0.39 is 0 Å². The van der Waals surface area contributed by atoms with Gasteiger partial charge in [0, 0.05) is 5.92 Å². The molecule has 1 aromatic carbocycles. The van der Waals surface area contributed by atoms with Crippen molar-refractivity contribution >= 4 is 0 Å². The van der Waals surface area contributed by atoms with Crippen LogP contribution in [0.2, 0.25) is 0 Å². The molecule has 2 atom stereocenters. The lowest BCUT2D eigenvalue weighted by atomic mass is 9.98. The van der Waals surface area contributed by atoms with Crippen molar-refractivity contribution in [2.75, 3.05) is 6.54 Å². The molecule has 0 aliphatic heterocycles. The Balaban J connectivity index is 2.27. The van der Waals surface area contributed by atoms with Crippen LogP contribution >= 0.6 is 0 Å². The fourth-order valence-corrected chi connectivity index (χ4v) is 2.03. The Kier molecular flexibility index (Phi) is 4.90. The normalized spacial score (nSPS) is 14.4. The average Bonchev–Trinajstić information content (AvgIpc) is 2.94.